The Morgan fingerprint density at radius 1 is 1.44 bits per heavy atom. The van der Waals surface area contributed by atoms with Crippen LogP contribution in [0, 0.1) is 0 Å². The minimum atomic E-state index is -2.89. The minimum Gasteiger partial charge on any atom is -0.493 e. The lowest BCUT2D eigenvalue weighted by Crippen LogP contribution is -2.13. The molecule has 1 heterocycles. The first kappa shape index (κ1) is 13.4. The minimum absolute atomic E-state index is 0.0994. The Hall–Kier alpha value is -1.07. The molecule has 0 radical (unpaired) electrons. The lowest BCUT2D eigenvalue weighted by molar-refractivity contribution is 0.357. The molecule has 0 fully saturated rings. The summed E-state index contributed by atoms with van der Waals surface area (Å²) >= 11 is 0. The van der Waals surface area contributed by atoms with Gasteiger partial charge in [0.1, 0.15) is 15.6 Å². The van der Waals surface area contributed by atoms with E-state index in [0.29, 0.717) is 12.8 Å². The summed E-state index contributed by atoms with van der Waals surface area (Å²) in [4.78, 5) is 0. The molecule has 0 spiro atoms. The predicted octanol–water partition coefficient (Wildman–Crippen LogP) is 1.45. The van der Waals surface area contributed by atoms with Crippen molar-refractivity contribution in [2.45, 2.75) is 25.3 Å². The molecule has 0 aromatic heterocycles. The van der Waals surface area contributed by atoms with Crippen molar-refractivity contribution in [2.75, 3.05) is 18.6 Å². The van der Waals surface area contributed by atoms with Gasteiger partial charge in [0.05, 0.1) is 6.61 Å². The van der Waals surface area contributed by atoms with Crippen molar-refractivity contribution >= 4 is 9.84 Å². The van der Waals surface area contributed by atoms with Crippen molar-refractivity contribution in [1.82, 2.24) is 0 Å². The van der Waals surface area contributed by atoms with Crippen LogP contribution in [-0.4, -0.2) is 27.0 Å². The summed E-state index contributed by atoms with van der Waals surface area (Å²) in [6.45, 7) is 0.738. The fraction of sp³-hybridized carbons (Fsp3) is 0.538. The van der Waals surface area contributed by atoms with E-state index < -0.39 is 9.84 Å². The van der Waals surface area contributed by atoms with E-state index in [9.17, 15) is 8.42 Å². The summed E-state index contributed by atoms with van der Waals surface area (Å²) in [7, 11) is -2.89. The van der Waals surface area contributed by atoms with Crippen molar-refractivity contribution in [1.29, 1.82) is 0 Å². The molecule has 18 heavy (non-hydrogen) atoms. The maximum absolute atomic E-state index is 11.0. The third kappa shape index (κ3) is 3.46. The van der Waals surface area contributed by atoms with Gasteiger partial charge in [0.2, 0.25) is 0 Å². The Labute approximate surface area is 108 Å². The van der Waals surface area contributed by atoms with Gasteiger partial charge in [-0.1, -0.05) is 12.1 Å². The van der Waals surface area contributed by atoms with Gasteiger partial charge in [-0.2, -0.15) is 0 Å². The van der Waals surface area contributed by atoms with Crippen molar-refractivity contribution in [3.63, 3.8) is 0 Å². The second kappa shape index (κ2) is 5.28. The molecule has 4 nitrogen and oxygen atoms in total. The number of sulfone groups is 1. The molecule has 0 amide bonds. The quantitative estimate of drug-likeness (QED) is 0.878. The Balaban J connectivity index is 1.95. The highest BCUT2D eigenvalue weighted by Crippen LogP contribution is 2.28. The Kier molecular flexibility index (Phi) is 3.92. The second-order valence-corrected chi connectivity index (χ2v) is 7.10. The van der Waals surface area contributed by atoms with E-state index >= 15 is 0 Å². The lowest BCUT2D eigenvalue weighted by Gasteiger charge is -2.12. The maximum atomic E-state index is 11.0. The molecule has 0 aliphatic carbocycles. The molecule has 1 aromatic rings. The molecule has 1 atom stereocenters. The number of hydrogen-bond donors (Lipinski definition) is 1. The van der Waals surface area contributed by atoms with Crippen LogP contribution in [0.1, 0.15) is 30.0 Å². The SMILES string of the molecule is CS(=O)(=O)CCCC(N)c1ccc2c(c1)CCO2. The average molecular weight is 269 g/mol. The molecular formula is C13H19NO3S. The van der Waals surface area contributed by atoms with Crippen LogP contribution in [0.4, 0.5) is 0 Å². The van der Waals surface area contributed by atoms with Crippen LogP contribution in [0.25, 0.3) is 0 Å². The van der Waals surface area contributed by atoms with Crippen molar-refractivity contribution in [2.24, 2.45) is 5.73 Å². The van der Waals surface area contributed by atoms with E-state index in [2.05, 4.69) is 6.07 Å². The summed E-state index contributed by atoms with van der Waals surface area (Å²) < 4.78 is 27.5. The predicted molar refractivity (Wildman–Crippen MR) is 71.5 cm³/mol. The summed E-state index contributed by atoms with van der Waals surface area (Å²) in [5.74, 6) is 1.15. The Morgan fingerprint density at radius 2 is 2.22 bits per heavy atom. The first-order valence-electron chi connectivity index (χ1n) is 6.14. The van der Waals surface area contributed by atoms with Gasteiger partial charge in [0, 0.05) is 24.5 Å². The molecule has 2 N–H and O–H groups in total. The molecule has 5 heteroatoms. The molecule has 1 aliphatic heterocycles. The monoisotopic (exact) mass is 269 g/mol. The van der Waals surface area contributed by atoms with E-state index in [-0.39, 0.29) is 11.8 Å². The zero-order valence-corrected chi connectivity index (χ0v) is 11.4. The standard InChI is InChI=1S/C13H19NO3S/c1-18(15,16)8-2-3-12(14)10-4-5-13-11(9-10)6-7-17-13/h4-5,9,12H,2-3,6-8,14H2,1H3. The highest BCUT2D eigenvalue weighted by atomic mass is 32.2. The number of benzene rings is 1. The van der Waals surface area contributed by atoms with Crippen molar-refractivity contribution in [3.05, 3.63) is 29.3 Å². The first-order chi connectivity index (χ1) is 8.46. The maximum Gasteiger partial charge on any atom is 0.147 e. The van der Waals surface area contributed by atoms with Gasteiger partial charge in [-0.25, -0.2) is 8.42 Å². The first-order valence-corrected chi connectivity index (χ1v) is 8.21. The zero-order valence-electron chi connectivity index (χ0n) is 10.6. The fourth-order valence-corrected chi connectivity index (χ4v) is 2.86. The van der Waals surface area contributed by atoms with Crippen LogP contribution < -0.4 is 10.5 Å². The number of hydrogen-bond acceptors (Lipinski definition) is 4. The van der Waals surface area contributed by atoms with Gasteiger partial charge in [-0.15, -0.1) is 0 Å². The third-order valence-electron chi connectivity index (χ3n) is 3.17. The van der Waals surface area contributed by atoms with E-state index in [1.807, 2.05) is 12.1 Å². The van der Waals surface area contributed by atoms with Gasteiger partial charge in [0.15, 0.2) is 0 Å². The Bertz CT molecular complexity index is 525. The zero-order chi connectivity index (χ0) is 13.2. The third-order valence-corrected chi connectivity index (χ3v) is 4.20. The van der Waals surface area contributed by atoms with Crippen LogP contribution in [0.15, 0.2) is 18.2 Å². The van der Waals surface area contributed by atoms with Crippen molar-refractivity contribution < 1.29 is 13.2 Å². The number of nitrogens with two attached hydrogens (primary N) is 1. The fourth-order valence-electron chi connectivity index (χ4n) is 2.17. The van der Waals surface area contributed by atoms with E-state index in [1.165, 1.54) is 11.8 Å². The topological polar surface area (TPSA) is 69.4 Å². The molecule has 1 unspecified atom stereocenters. The molecule has 1 aromatic carbocycles. The molecule has 0 saturated carbocycles. The van der Waals surface area contributed by atoms with E-state index in [0.717, 1.165) is 24.3 Å². The molecule has 0 saturated heterocycles. The number of rotatable bonds is 5. The second-order valence-electron chi connectivity index (χ2n) is 4.84. The van der Waals surface area contributed by atoms with Gasteiger partial charge >= 0.3 is 0 Å². The van der Waals surface area contributed by atoms with E-state index in [1.54, 1.807) is 0 Å². The smallest absolute Gasteiger partial charge is 0.147 e. The summed E-state index contributed by atoms with van der Waals surface area (Å²) in [5, 5.41) is 0. The highest BCUT2D eigenvalue weighted by molar-refractivity contribution is 7.90. The van der Waals surface area contributed by atoms with Crippen LogP contribution >= 0.6 is 0 Å². The highest BCUT2D eigenvalue weighted by Gasteiger charge is 2.15. The van der Waals surface area contributed by atoms with E-state index in [4.69, 9.17) is 10.5 Å². The van der Waals surface area contributed by atoms with Gasteiger partial charge < -0.3 is 10.5 Å². The van der Waals surface area contributed by atoms with Crippen LogP contribution in [0.3, 0.4) is 0 Å². The normalized spacial score (nSPS) is 16.1. The van der Waals surface area contributed by atoms with Gasteiger partial charge in [0.25, 0.3) is 0 Å². The Morgan fingerprint density at radius 3 is 2.94 bits per heavy atom. The average Bonchev–Trinajstić information content (AvgIpc) is 2.73. The molecule has 2 rings (SSSR count). The molecule has 0 bridgehead atoms. The largest absolute Gasteiger partial charge is 0.493 e. The van der Waals surface area contributed by atoms with Crippen LogP contribution in [0.2, 0.25) is 0 Å². The summed E-state index contributed by atoms with van der Waals surface area (Å²) in [5.41, 5.74) is 8.35. The number of ether oxygens (including phenoxy) is 1. The summed E-state index contributed by atoms with van der Waals surface area (Å²) in [6.07, 6.45) is 3.48. The van der Waals surface area contributed by atoms with Crippen molar-refractivity contribution in [3.8, 4) is 5.75 Å². The van der Waals surface area contributed by atoms with Gasteiger partial charge in [-0.05, 0) is 30.0 Å². The lowest BCUT2D eigenvalue weighted by atomic mass is 10.00. The van der Waals surface area contributed by atoms with Crippen LogP contribution in [0.5, 0.6) is 5.75 Å². The van der Waals surface area contributed by atoms with Gasteiger partial charge in [-0.3, -0.25) is 0 Å². The molecule has 100 valence electrons. The van der Waals surface area contributed by atoms with Crippen LogP contribution in [-0.2, 0) is 16.3 Å². The summed E-state index contributed by atoms with van der Waals surface area (Å²) in [6, 6.07) is 5.90. The number of fused-ring (bicyclic) bond motifs is 1. The molecule has 1 aliphatic rings. The molecular weight excluding hydrogens is 250 g/mol.